The van der Waals surface area contributed by atoms with Crippen LogP contribution >= 0.6 is 0 Å². The highest BCUT2D eigenvalue weighted by atomic mass is 19.1. The predicted molar refractivity (Wildman–Crippen MR) is 73.8 cm³/mol. The van der Waals surface area contributed by atoms with Crippen molar-refractivity contribution in [3.8, 4) is 0 Å². The molecule has 0 radical (unpaired) electrons. The first-order chi connectivity index (χ1) is 10.1. The number of nitrogens with one attached hydrogen (secondary N) is 1. The Morgan fingerprint density at radius 2 is 1.81 bits per heavy atom. The van der Waals surface area contributed by atoms with Crippen LogP contribution in [0.4, 0.5) is 14.5 Å². The number of aliphatic hydroxyl groups is 1. The second-order valence-electron chi connectivity index (χ2n) is 5.00. The van der Waals surface area contributed by atoms with Crippen LogP contribution in [0.1, 0.15) is 29.2 Å². The molecule has 0 spiro atoms. The molecule has 1 aliphatic rings. The van der Waals surface area contributed by atoms with Gasteiger partial charge in [0.15, 0.2) is 0 Å². The van der Waals surface area contributed by atoms with Gasteiger partial charge in [-0.1, -0.05) is 18.2 Å². The minimum absolute atomic E-state index is 0.00926. The average molecular weight is 289 g/mol. The summed E-state index contributed by atoms with van der Waals surface area (Å²) in [5, 5.41) is 12.8. The standard InChI is InChI=1S/C16H13F2NO2/c17-12-4-2-1-3-10(12)16(21)11-7-9-5-6-15(20)19-14(9)8-13(11)18/h1-4,7-8,16,21H,5-6H2,(H,19,20). The lowest BCUT2D eigenvalue weighted by Gasteiger charge is -2.20. The van der Waals surface area contributed by atoms with Crippen molar-refractivity contribution in [1.82, 2.24) is 0 Å². The van der Waals surface area contributed by atoms with E-state index in [4.69, 9.17) is 0 Å². The van der Waals surface area contributed by atoms with Gasteiger partial charge in [-0.15, -0.1) is 0 Å². The summed E-state index contributed by atoms with van der Waals surface area (Å²) in [5.74, 6) is -1.42. The molecule has 1 unspecified atom stereocenters. The van der Waals surface area contributed by atoms with E-state index in [1.165, 1.54) is 30.3 Å². The number of carbonyl (C=O) groups excluding carboxylic acids is 1. The van der Waals surface area contributed by atoms with Gasteiger partial charge in [0.05, 0.1) is 0 Å². The van der Waals surface area contributed by atoms with Gasteiger partial charge >= 0.3 is 0 Å². The Kier molecular flexibility index (Phi) is 3.43. The van der Waals surface area contributed by atoms with Gasteiger partial charge in [0.2, 0.25) is 5.91 Å². The Morgan fingerprint density at radius 1 is 1.05 bits per heavy atom. The van der Waals surface area contributed by atoms with Crippen molar-refractivity contribution < 1.29 is 18.7 Å². The molecule has 0 aromatic heterocycles. The first-order valence-corrected chi connectivity index (χ1v) is 6.61. The third-order valence-electron chi connectivity index (χ3n) is 3.61. The number of hydrogen-bond acceptors (Lipinski definition) is 2. The van der Waals surface area contributed by atoms with E-state index in [2.05, 4.69) is 5.32 Å². The smallest absolute Gasteiger partial charge is 0.224 e. The van der Waals surface area contributed by atoms with Crippen LogP contribution < -0.4 is 5.32 Å². The van der Waals surface area contributed by atoms with E-state index in [9.17, 15) is 18.7 Å². The van der Waals surface area contributed by atoms with Crippen molar-refractivity contribution in [2.45, 2.75) is 18.9 Å². The van der Waals surface area contributed by atoms with Gasteiger partial charge in [0.1, 0.15) is 17.7 Å². The van der Waals surface area contributed by atoms with E-state index in [-0.39, 0.29) is 17.0 Å². The molecule has 5 heteroatoms. The molecule has 1 amide bonds. The highest BCUT2D eigenvalue weighted by Crippen LogP contribution is 2.32. The number of hydrogen-bond donors (Lipinski definition) is 2. The van der Waals surface area contributed by atoms with E-state index in [1.54, 1.807) is 6.07 Å². The number of benzene rings is 2. The summed E-state index contributed by atoms with van der Waals surface area (Å²) in [7, 11) is 0. The molecule has 1 aliphatic heterocycles. The number of halogens is 2. The molecule has 0 saturated heterocycles. The number of carbonyl (C=O) groups is 1. The van der Waals surface area contributed by atoms with Crippen molar-refractivity contribution in [2.75, 3.05) is 5.32 Å². The second-order valence-corrected chi connectivity index (χ2v) is 5.00. The lowest BCUT2D eigenvalue weighted by Crippen LogP contribution is -2.20. The molecule has 108 valence electrons. The molecule has 1 heterocycles. The van der Waals surface area contributed by atoms with Crippen LogP contribution in [0, 0.1) is 11.6 Å². The Balaban J connectivity index is 2.03. The molecule has 0 saturated carbocycles. The quantitative estimate of drug-likeness (QED) is 0.893. The minimum atomic E-state index is -1.38. The molecule has 2 aromatic carbocycles. The van der Waals surface area contributed by atoms with Gasteiger partial charge in [-0.3, -0.25) is 4.79 Å². The highest BCUT2D eigenvalue weighted by Gasteiger charge is 2.23. The fraction of sp³-hybridized carbons (Fsp3) is 0.188. The first-order valence-electron chi connectivity index (χ1n) is 6.61. The first kappa shape index (κ1) is 13.7. The van der Waals surface area contributed by atoms with Gasteiger partial charge < -0.3 is 10.4 Å². The van der Waals surface area contributed by atoms with Crippen LogP contribution in [0.2, 0.25) is 0 Å². The number of amides is 1. The van der Waals surface area contributed by atoms with Crippen LogP contribution in [0.3, 0.4) is 0 Å². The maximum atomic E-state index is 14.1. The summed E-state index contributed by atoms with van der Waals surface area (Å²) in [4.78, 5) is 11.3. The molecule has 1 atom stereocenters. The van der Waals surface area contributed by atoms with Gasteiger partial charge in [-0.05, 0) is 30.2 Å². The highest BCUT2D eigenvalue weighted by molar-refractivity contribution is 5.93. The van der Waals surface area contributed by atoms with Gasteiger partial charge in [-0.25, -0.2) is 8.78 Å². The molecular weight excluding hydrogens is 276 g/mol. The third-order valence-corrected chi connectivity index (χ3v) is 3.61. The SMILES string of the molecule is O=C1CCc2cc(C(O)c3ccccc3F)c(F)cc2N1. The number of aliphatic hydroxyl groups excluding tert-OH is 1. The van der Waals surface area contributed by atoms with E-state index < -0.39 is 17.7 Å². The molecular formula is C16H13F2NO2. The third kappa shape index (κ3) is 2.52. The molecule has 3 rings (SSSR count). The molecule has 3 nitrogen and oxygen atoms in total. The van der Waals surface area contributed by atoms with Crippen LogP contribution in [0.25, 0.3) is 0 Å². The van der Waals surface area contributed by atoms with Crippen molar-refractivity contribution >= 4 is 11.6 Å². The summed E-state index contributed by atoms with van der Waals surface area (Å²) in [6.45, 7) is 0. The number of aryl methyl sites for hydroxylation is 1. The molecule has 2 aromatic rings. The maximum Gasteiger partial charge on any atom is 0.224 e. The molecule has 21 heavy (non-hydrogen) atoms. The average Bonchev–Trinajstić information content (AvgIpc) is 2.46. The largest absolute Gasteiger partial charge is 0.383 e. The minimum Gasteiger partial charge on any atom is -0.383 e. The predicted octanol–water partition coefficient (Wildman–Crippen LogP) is 2.93. The zero-order valence-corrected chi connectivity index (χ0v) is 11.1. The second kappa shape index (κ2) is 5.26. The van der Waals surface area contributed by atoms with E-state index in [0.29, 0.717) is 18.5 Å². The van der Waals surface area contributed by atoms with Gasteiger partial charge in [0.25, 0.3) is 0 Å². The normalized spacial score (nSPS) is 15.3. The zero-order valence-electron chi connectivity index (χ0n) is 11.1. The van der Waals surface area contributed by atoms with Crippen LogP contribution in [-0.2, 0) is 11.2 Å². The fourth-order valence-electron chi connectivity index (χ4n) is 2.50. The van der Waals surface area contributed by atoms with E-state index in [1.807, 2.05) is 0 Å². The van der Waals surface area contributed by atoms with E-state index in [0.717, 1.165) is 5.56 Å². The van der Waals surface area contributed by atoms with Crippen LogP contribution in [0.15, 0.2) is 36.4 Å². The summed E-state index contributed by atoms with van der Waals surface area (Å²) < 4.78 is 27.8. The molecule has 0 aliphatic carbocycles. The van der Waals surface area contributed by atoms with Crippen molar-refractivity contribution in [3.05, 3.63) is 64.7 Å². The number of rotatable bonds is 2. The van der Waals surface area contributed by atoms with Crippen molar-refractivity contribution in [2.24, 2.45) is 0 Å². The lowest BCUT2D eigenvalue weighted by molar-refractivity contribution is -0.116. The van der Waals surface area contributed by atoms with E-state index >= 15 is 0 Å². The molecule has 0 bridgehead atoms. The maximum absolute atomic E-state index is 14.1. The van der Waals surface area contributed by atoms with Gasteiger partial charge in [-0.2, -0.15) is 0 Å². The van der Waals surface area contributed by atoms with Crippen molar-refractivity contribution in [1.29, 1.82) is 0 Å². The molecule has 2 N–H and O–H groups in total. The Morgan fingerprint density at radius 3 is 2.57 bits per heavy atom. The summed E-state index contributed by atoms with van der Waals surface area (Å²) in [6.07, 6.45) is -0.596. The Hall–Kier alpha value is -2.27. The lowest BCUT2D eigenvalue weighted by atomic mass is 9.94. The monoisotopic (exact) mass is 289 g/mol. The number of fused-ring (bicyclic) bond motifs is 1. The Labute approximate surface area is 120 Å². The summed E-state index contributed by atoms with van der Waals surface area (Å²) in [5.41, 5.74) is 1.18. The van der Waals surface area contributed by atoms with Crippen LogP contribution in [-0.4, -0.2) is 11.0 Å². The molecule has 0 fully saturated rings. The summed E-state index contributed by atoms with van der Waals surface area (Å²) in [6, 6.07) is 8.38. The number of anilines is 1. The van der Waals surface area contributed by atoms with Crippen molar-refractivity contribution in [3.63, 3.8) is 0 Å². The van der Waals surface area contributed by atoms with Gasteiger partial charge in [0, 0.05) is 23.2 Å². The van der Waals surface area contributed by atoms with Crippen LogP contribution in [0.5, 0.6) is 0 Å². The summed E-state index contributed by atoms with van der Waals surface area (Å²) >= 11 is 0. The Bertz CT molecular complexity index is 715. The topological polar surface area (TPSA) is 49.3 Å². The zero-order chi connectivity index (χ0) is 15.0. The fourth-order valence-corrected chi connectivity index (χ4v) is 2.50.